The minimum atomic E-state index is -0.183. The van der Waals surface area contributed by atoms with Gasteiger partial charge in [-0.2, -0.15) is 0 Å². The molecule has 4 heteroatoms. The van der Waals surface area contributed by atoms with Gasteiger partial charge >= 0.3 is 0 Å². The van der Waals surface area contributed by atoms with Gasteiger partial charge in [0.05, 0.1) is 11.6 Å². The van der Waals surface area contributed by atoms with E-state index in [-0.39, 0.29) is 11.6 Å². The van der Waals surface area contributed by atoms with Gasteiger partial charge < -0.3 is 4.74 Å². The van der Waals surface area contributed by atoms with Crippen molar-refractivity contribution < 1.29 is 4.74 Å². The summed E-state index contributed by atoms with van der Waals surface area (Å²) in [5.41, 5.74) is 5.07. The molecule has 19 heavy (non-hydrogen) atoms. The topological polar surface area (TPSA) is 60.2 Å². The van der Waals surface area contributed by atoms with Crippen molar-refractivity contribution in [2.24, 2.45) is 5.84 Å². The van der Waals surface area contributed by atoms with Crippen LogP contribution in [-0.2, 0) is 4.74 Å². The van der Waals surface area contributed by atoms with E-state index in [1.165, 1.54) is 19.3 Å². The van der Waals surface area contributed by atoms with Gasteiger partial charge in [0.25, 0.3) is 0 Å². The van der Waals surface area contributed by atoms with Crippen molar-refractivity contribution >= 4 is 0 Å². The van der Waals surface area contributed by atoms with Crippen LogP contribution in [0.1, 0.15) is 56.2 Å². The Balaban J connectivity index is 2.31. The number of hydrogen-bond acceptors (Lipinski definition) is 4. The standard InChI is InChI=1S/C15H25N3O/c1-3-19-15(7-5-4-6-8-15)14(18-16)13-9-12(2)10-17-11-13/h9-11,14,18H,3-8,16H2,1-2H3. The summed E-state index contributed by atoms with van der Waals surface area (Å²) in [5.74, 6) is 5.84. The van der Waals surface area contributed by atoms with E-state index in [4.69, 9.17) is 10.6 Å². The van der Waals surface area contributed by atoms with Crippen LogP contribution in [0, 0.1) is 6.92 Å². The Labute approximate surface area is 115 Å². The molecule has 0 amide bonds. The predicted molar refractivity (Wildman–Crippen MR) is 76.5 cm³/mol. The zero-order chi connectivity index (χ0) is 13.7. The van der Waals surface area contributed by atoms with Crippen molar-refractivity contribution in [3.8, 4) is 0 Å². The van der Waals surface area contributed by atoms with Crippen LogP contribution in [0.4, 0.5) is 0 Å². The summed E-state index contributed by atoms with van der Waals surface area (Å²) in [6.45, 7) is 4.83. The number of nitrogens with two attached hydrogens (primary N) is 1. The van der Waals surface area contributed by atoms with E-state index in [0.29, 0.717) is 0 Å². The maximum Gasteiger partial charge on any atom is 0.0889 e. The van der Waals surface area contributed by atoms with Crippen LogP contribution in [0.25, 0.3) is 0 Å². The molecule has 0 radical (unpaired) electrons. The molecule has 0 spiro atoms. The molecule has 0 aliphatic heterocycles. The summed E-state index contributed by atoms with van der Waals surface area (Å²) >= 11 is 0. The van der Waals surface area contributed by atoms with Gasteiger partial charge in [0.2, 0.25) is 0 Å². The summed E-state index contributed by atoms with van der Waals surface area (Å²) in [6, 6.07) is 2.16. The molecular formula is C15H25N3O. The van der Waals surface area contributed by atoms with Crippen LogP contribution in [0.3, 0.4) is 0 Å². The number of pyridine rings is 1. The van der Waals surface area contributed by atoms with Gasteiger partial charge in [-0.15, -0.1) is 0 Å². The number of aryl methyl sites for hydroxylation is 1. The molecule has 4 nitrogen and oxygen atoms in total. The Bertz CT molecular complexity index is 397. The first-order valence-electron chi connectivity index (χ1n) is 7.23. The Kier molecular flexibility index (Phi) is 4.91. The van der Waals surface area contributed by atoms with Crippen LogP contribution in [0.15, 0.2) is 18.5 Å². The van der Waals surface area contributed by atoms with E-state index >= 15 is 0 Å². The number of rotatable bonds is 5. The largest absolute Gasteiger partial charge is 0.373 e. The number of hydrogen-bond donors (Lipinski definition) is 2. The lowest BCUT2D eigenvalue weighted by Crippen LogP contribution is -2.49. The second-order valence-corrected chi connectivity index (χ2v) is 5.45. The second-order valence-electron chi connectivity index (χ2n) is 5.45. The Morgan fingerprint density at radius 2 is 2.11 bits per heavy atom. The summed E-state index contributed by atoms with van der Waals surface area (Å²) < 4.78 is 6.15. The highest BCUT2D eigenvalue weighted by molar-refractivity contribution is 5.23. The smallest absolute Gasteiger partial charge is 0.0889 e. The quantitative estimate of drug-likeness (QED) is 0.633. The predicted octanol–water partition coefficient (Wildman–Crippen LogP) is 2.63. The van der Waals surface area contributed by atoms with Gasteiger partial charge in [0, 0.05) is 19.0 Å². The van der Waals surface area contributed by atoms with Crippen molar-refractivity contribution in [1.82, 2.24) is 10.4 Å². The lowest BCUT2D eigenvalue weighted by Gasteiger charge is -2.43. The van der Waals surface area contributed by atoms with Crippen molar-refractivity contribution in [3.63, 3.8) is 0 Å². The second kappa shape index (κ2) is 6.46. The maximum absolute atomic E-state index is 6.15. The molecule has 1 fully saturated rings. The van der Waals surface area contributed by atoms with Crippen LogP contribution in [-0.4, -0.2) is 17.2 Å². The number of ether oxygens (including phenoxy) is 1. The first-order valence-corrected chi connectivity index (χ1v) is 7.23. The van der Waals surface area contributed by atoms with Gasteiger partial charge in [0.1, 0.15) is 0 Å². The lowest BCUT2D eigenvalue weighted by molar-refractivity contribution is -0.0914. The number of aromatic nitrogens is 1. The van der Waals surface area contributed by atoms with E-state index in [9.17, 15) is 0 Å². The van der Waals surface area contributed by atoms with E-state index in [1.807, 2.05) is 12.4 Å². The zero-order valence-electron chi connectivity index (χ0n) is 12.0. The average molecular weight is 263 g/mol. The average Bonchev–Trinajstić information content (AvgIpc) is 2.41. The molecular weight excluding hydrogens is 238 g/mol. The molecule has 1 aliphatic rings. The number of nitrogens with one attached hydrogen (secondary N) is 1. The SMILES string of the molecule is CCOC1(C(NN)c2cncc(C)c2)CCCCC1. The third-order valence-corrected chi connectivity index (χ3v) is 4.05. The summed E-state index contributed by atoms with van der Waals surface area (Å²) in [6.07, 6.45) is 9.58. The van der Waals surface area contributed by atoms with Crippen LogP contribution < -0.4 is 11.3 Å². The fourth-order valence-corrected chi connectivity index (χ4v) is 3.24. The number of hydrazine groups is 1. The molecule has 3 N–H and O–H groups in total. The van der Waals surface area contributed by atoms with E-state index in [1.54, 1.807) is 0 Å². The lowest BCUT2D eigenvalue weighted by atomic mass is 9.77. The molecule has 106 valence electrons. The van der Waals surface area contributed by atoms with Gasteiger partial charge in [-0.3, -0.25) is 16.3 Å². The molecule has 0 saturated heterocycles. The molecule has 2 rings (SSSR count). The summed E-state index contributed by atoms with van der Waals surface area (Å²) in [7, 11) is 0. The van der Waals surface area contributed by atoms with Crippen molar-refractivity contribution in [1.29, 1.82) is 0 Å². The van der Waals surface area contributed by atoms with E-state index in [2.05, 4.69) is 30.3 Å². The normalized spacial score (nSPS) is 20.2. The third-order valence-electron chi connectivity index (χ3n) is 4.05. The van der Waals surface area contributed by atoms with Crippen molar-refractivity contribution in [2.75, 3.05) is 6.61 Å². The first-order chi connectivity index (χ1) is 9.22. The molecule has 1 unspecified atom stereocenters. The first kappa shape index (κ1) is 14.4. The molecule has 1 saturated carbocycles. The van der Waals surface area contributed by atoms with Crippen LogP contribution in [0.2, 0.25) is 0 Å². The van der Waals surface area contributed by atoms with Gasteiger partial charge in [-0.1, -0.05) is 25.3 Å². The summed E-state index contributed by atoms with van der Waals surface area (Å²) in [4.78, 5) is 4.29. The van der Waals surface area contributed by atoms with E-state index < -0.39 is 0 Å². The zero-order valence-corrected chi connectivity index (χ0v) is 12.0. The molecule has 0 bridgehead atoms. The highest BCUT2D eigenvalue weighted by Crippen LogP contribution is 2.41. The van der Waals surface area contributed by atoms with Crippen LogP contribution in [0.5, 0.6) is 0 Å². The molecule has 1 atom stereocenters. The Morgan fingerprint density at radius 3 is 2.68 bits per heavy atom. The minimum absolute atomic E-state index is 0.0140. The monoisotopic (exact) mass is 263 g/mol. The highest BCUT2D eigenvalue weighted by Gasteiger charge is 2.41. The number of nitrogens with zero attached hydrogens (tertiary/aromatic N) is 1. The molecule has 0 aromatic carbocycles. The Morgan fingerprint density at radius 1 is 1.37 bits per heavy atom. The van der Waals surface area contributed by atoms with Crippen molar-refractivity contribution in [3.05, 3.63) is 29.6 Å². The summed E-state index contributed by atoms with van der Waals surface area (Å²) in [5, 5.41) is 0. The van der Waals surface area contributed by atoms with Gasteiger partial charge in [-0.25, -0.2) is 0 Å². The van der Waals surface area contributed by atoms with E-state index in [0.717, 1.165) is 30.6 Å². The molecule has 1 aromatic heterocycles. The fourth-order valence-electron chi connectivity index (χ4n) is 3.24. The molecule has 1 aromatic rings. The van der Waals surface area contributed by atoms with Crippen LogP contribution >= 0.6 is 0 Å². The van der Waals surface area contributed by atoms with Crippen molar-refractivity contribution in [2.45, 2.75) is 57.6 Å². The molecule has 1 aliphatic carbocycles. The molecule has 1 heterocycles. The van der Waals surface area contributed by atoms with Gasteiger partial charge in [-0.05, 0) is 37.8 Å². The minimum Gasteiger partial charge on any atom is -0.373 e. The maximum atomic E-state index is 6.15. The fraction of sp³-hybridized carbons (Fsp3) is 0.667. The van der Waals surface area contributed by atoms with Gasteiger partial charge in [0.15, 0.2) is 0 Å². The Hall–Kier alpha value is -0.970. The highest BCUT2D eigenvalue weighted by atomic mass is 16.5. The third kappa shape index (κ3) is 3.14.